The Hall–Kier alpha value is -0.850. The first-order valence-electron chi connectivity index (χ1n) is 6.90. The molecule has 2 rings (SSSR count). The molecule has 114 valence electrons. The van der Waals surface area contributed by atoms with Gasteiger partial charge in [0.05, 0.1) is 11.1 Å². The molecule has 0 spiro atoms. The monoisotopic (exact) mass is 415 g/mol. The molecule has 0 radical (unpaired) electrons. The molecule has 1 aromatic carbocycles. The number of aromatic nitrogens is 2. The summed E-state index contributed by atoms with van der Waals surface area (Å²) in [6.07, 6.45) is 2.78. The fourth-order valence-corrected chi connectivity index (χ4v) is 3.57. The first-order chi connectivity index (χ1) is 10.1. The van der Waals surface area contributed by atoms with Crippen molar-refractivity contribution in [3.63, 3.8) is 0 Å². The molecule has 0 saturated heterocycles. The molecule has 0 amide bonds. The number of nitrogens with zero attached hydrogens (tertiary/aromatic N) is 2. The van der Waals surface area contributed by atoms with Gasteiger partial charge >= 0.3 is 0 Å². The van der Waals surface area contributed by atoms with Gasteiger partial charge in [-0.15, -0.1) is 0 Å². The van der Waals surface area contributed by atoms with Gasteiger partial charge in [-0.1, -0.05) is 15.9 Å². The highest BCUT2D eigenvalue weighted by molar-refractivity contribution is 9.11. The molecule has 6 heteroatoms. The molecule has 0 bridgehead atoms. The van der Waals surface area contributed by atoms with Crippen LogP contribution in [0.1, 0.15) is 18.2 Å². The van der Waals surface area contributed by atoms with Crippen molar-refractivity contribution in [2.24, 2.45) is 7.05 Å². The van der Waals surface area contributed by atoms with Crippen LogP contribution in [0.25, 0.3) is 0 Å². The van der Waals surface area contributed by atoms with Crippen LogP contribution in [0.4, 0.5) is 0 Å². The lowest BCUT2D eigenvalue weighted by Crippen LogP contribution is -2.18. The van der Waals surface area contributed by atoms with Gasteiger partial charge in [0.1, 0.15) is 5.75 Å². The Bertz CT molecular complexity index is 599. The van der Waals surface area contributed by atoms with Gasteiger partial charge in [-0.3, -0.25) is 4.68 Å². The van der Waals surface area contributed by atoms with Crippen LogP contribution < -0.4 is 10.1 Å². The Morgan fingerprint density at radius 3 is 2.81 bits per heavy atom. The normalized spacial score (nSPS) is 10.9. The summed E-state index contributed by atoms with van der Waals surface area (Å²) < 4.78 is 9.65. The number of ether oxygens (including phenoxy) is 1. The van der Waals surface area contributed by atoms with Crippen LogP contribution in [0.5, 0.6) is 5.75 Å². The lowest BCUT2D eigenvalue weighted by molar-refractivity contribution is 0.333. The molecule has 0 aliphatic heterocycles. The highest BCUT2D eigenvalue weighted by Gasteiger charge is 2.09. The van der Waals surface area contributed by atoms with Crippen LogP contribution in [0.2, 0.25) is 0 Å². The van der Waals surface area contributed by atoms with Crippen molar-refractivity contribution in [3.05, 3.63) is 44.6 Å². The first kappa shape index (κ1) is 16.5. The number of rotatable bonds is 7. The van der Waals surface area contributed by atoms with Crippen LogP contribution in [0.15, 0.2) is 33.3 Å². The molecule has 4 nitrogen and oxygen atoms in total. The lowest BCUT2D eigenvalue weighted by atomic mass is 10.2. The summed E-state index contributed by atoms with van der Waals surface area (Å²) in [5.74, 6) is 0.911. The molecule has 2 aromatic rings. The molecular weight excluding hydrogens is 398 g/mol. The van der Waals surface area contributed by atoms with E-state index in [2.05, 4.69) is 48.3 Å². The Morgan fingerprint density at radius 1 is 1.33 bits per heavy atom. The van der Waals surface area contributed by atoms with Crippen molar-refractivity contribution >= 4 is 31.9 Å². The molecule has 0 fully saturated rings. The van der Waals surface area contributed by atoms with Gasteiger partial charge in [0.2, 0.25) is 0 Å². The Kier molecular flexibility index (Phi) is 6.26. The molecule has 1 heterocycles. The number of hydrogen-bond acceptors (Lipinski definition) is 3. The topological polar surface area (TPSA) is 39.1 Å². The SMILES string of the molecule is CCOc1c(Br)cc(Br)cc1CNCCc1ccnn1C. The van der Waals surface area contributed by atoms with E-state index in [4.69, 9.17) is 4.74 Å². The fraction of sp³-hybridized carbons (Fsp3) is 0.400. The predicted molar refractivity (Wildman–Crippen MR) is 91.6 cm³/mol. The van der Waals surface area contributed by atoms with E-state index in [1.165, 1.54) is 5.69 Å². The number of aryl methyl sites for hydroxylation is 1. The summed E-state index contributed by atoms with van der Waals surface area (Å²) in [6.45, 7) is 4.32. The quantitative estimate of drug-likeness (QED) is 0.699. The predicted octanol–water partition coefficient (Wildman–Crippen LogP) is 3.68. The van der Waals surface area contributed by atoms with Gasteiger partial charge in [0.15, 0.2) is 0 Å². The van der Waals surface area contributed by atoms with Crippen molar-refractivity contribution < 1.29 is 4.74 Å². The average Bonchev–Trinajstić information content (AvgIpc) is 2.84. The van der Waals surface area contributed by atoms with Crippen LogP contribution in [-0.2, 0) is 20.0 Å². The van der Waals surface area contributed by atoms with Crippen LogP contribution in [-0.4, -0.2) is 22.9 Å². The van der Waals surface area contributed by atoms with Gasteiger partial charge in [-0.25, -0.2) is 0 Å². The summed E-state index contributed by atoms with van der Waals surface area (Å²) in [7, 11) is 1.97. The smallest absolute Gasteiger partial charge is 0.138 e. The summed E-state index contributed by atoms with van der Waals surface area (Å²) >= 11 is 7.08. The summed E-state index contributed by atoms with van der Waals surface area (Å²) in [5, 5.41) is 7.63. The highest BCUT2D eigenvalue weighted by Crippen LogP contribution is 2.32. The minimum atomic E-state index is 0.655. The fourth-order valence-electron chi connectivity index (χ4n) is 2.14. The summed E-state index contributed by atoms with van der Waals surface area (Å²) in [4.78, 5) is 0. The molecule has 0 atom stereocenters. The Labute approximate surface area is 142 Å². The molecule has 0 aliphatic rings. The molecule has 1 aromatic heterocycles. The van der Waals surface area contributed by atoms with Gasteiger partial charge in [0, 0.05) is 48.5 Å². The van der Waals surface area contributed by atoms with Crippen LogP contribution in [0, 0.1) is 0 Å². The zero-order valence-corrected chi connectivity index (χ0v) is 15.4. The van der Waals surface area contributed by atoms with Gasteiger partial charge < -0.3 is 10.1 Å². The summed E-state index contributed by atoms with van der Waals surface area (Å²) in [5.41, 5.74) is 2.37. The van der Waals surface area contributed by atoms with Crippen LogP contribution >= 0.6 is 31.9 Å². The molecule has 0 unspecified atom stereocenters. The van der Waals surface area contributed by atoms with Gasteiger partial charge in [-0.2, -0.15) is 5.10 Å². The minimum absolute atomic E-state index is 0.655. The van der Waals surface area contributed by atoms with E-state index in [1.807, 2.05) is 37.0 Å². The average molecular weight is 417 g/mol. The molecule has 0 saturated carbocycles. The second kappa shape index (κ2) is 7.96. The van der Waals surface area contributed by atoms with E-state index in [0.717, 1.165) is 39.8 Å². The third-order valence-corrected chi connectivity index (χ3v) is 4.22. The summed E-state index contributed by atoms with van der Waals surface area (Å²) in [6, 6.07) is 6.14. The maximum Gasteiger partial charge on any atom is 0.138 e. The van der Waals surface area contributed by atoms with Crippen molar-refractivity contribution in [2.45, 2.75) is 19.9 Å². The molecule has 21 heavy (non-hydrogen) atoms. The van der Waals surface area contributed by atoms with Crippen LogP contribution in [0.3, 0.4) is 0 Å². The Balaban J connectivity index is 1.94. The second-order valence-corrected chi connectivity index (χ2v) is 6.45. The van der Waals surface area contributed by atoms with E-state index in [9.17, 15) is 0 Å². The number of benzene rings is 1. The molecular formula is C15H19Br2N3O. The highest BCUT2D eigenvalue weighted by atomic mass is 79.9. The van der Waals surface area contributed by atoms with Gasteiger partial charge in [0.25, 0.3) is 0 Å². The van der Waals surface area contributed by atoms with Crippen molar-refractivity contribution in [2.75, 3.05) is 13.2 Å². The largest absolute Gasteiger partial charge is 0.492 e. The zero-order valence-electron chi connectivity index (χ0n) is 12.2. The lowest BCUT2D eigenvalue weighted by Gasteiger charge is -2.14. The third-order valence-electron chi connectivity index (χ3n) is 3.17. The van der Waals surface area contributed by atoms with E-state index < -0.39 is 0 Å². The Morgan fingerprint density at radius 2 is 2.14 bits per heavy atom. The molecule has 1 N–H and O–H groups in total. The van der Waals surface area contributed by atoms with E-state index in [0.29, 0.717) is 6.61 Å². The maximum absolute atomic E-state index is 5.72. The number of halogens is 2. The van der Waals surface area contributed by atoms with Crippen molar-refractivity contribution in [1.29, 1.82) is 0 Å². The third kappa shape index (κ3) is 4.56. The van der Waals surface area contributed by atoms with E-state index in [1.54, 1.807) is 0 Å². The van der Waals surface area contributed by atoms with Gasteiger partial charge in [-0.05, 0) is 41.1 Å². The first-order valence-corrected chi connectivity index (χ1v) is 8.48. The zero-order chi connectivity index (χ0) is 15.2. The molecule has 0 aliphatic carbocycles. The minimum Gasteiger partial charge on any atom is -0.492 e. The van der Waals surface area contributed by atoms with E-state index in [-0.39, 0.29) is 0 Å². The van der Waals surface area contributed by atoms with Crippen molar-refractivity contribution in [3.8, 4) is 5.75 Å². The standard InChI is InChI=1S/C15H19Br2N3O/c1-3-21-15-11(8-12(16)9-14(15)17)10-18-6-4-13-5-7-19-20(13)2/h5,7-9,18H,3-4,6,10H2,1-2H3. The van der Waals surface area contributed by atoms with Crippen molar-refractivity contribution in [1.82, 2.24) is 15.1 Å². The second-order valence-electron chi connectivity index (χ2n) is 4.68. The number of hydrogen-bond donors (Lipinski definition) is 1. The van der Waals surface area contributed by atoms with E-state index >= 15 is 0 Å². The maximum atomic E-state index is 5.72. The number of nitrogens with one attached hydrogen (secondary N) is 1.